The molecule has 0 bridgehead atoms. The van der Waals surface area contributed by atoms with Crippen LogP contribution in [0.4, 0.5) is 10.1 Å². The summed E-state index contributed by atoms with van der Waals surface area (Å²) < 4.78 is 13.8. The van der Waals surface area contributed by atoms with E-state index in [0.717, 1.165) is 12.1 Å². The number of nitro groups is 1. The van der Waals surface area contributed by atoms with Crippen molar-refractivity contribution in [1.29, 1.82) is 0 Å². The zero-order chi connectivity index (χ0) is 15.7. The van der Waals surface area contributed by atoms with Gasteiger partial charge in [0.15, 0.2) is 0 Å². The number of halogens is 1. The summed E-state index contributed by atoms with van der Waals surface area (Å²) in [5, 5.41) is 26.7. The van der Waals surface area contributed by atoms with E-state index in [4.69, 9.17) is 0 Å². The molecule has 7 heteroatoms. The number of rotatable bonds is 3. The first-order valence-electron chi connectivity index (χ1n) is 6.58. The lowest BCUT2D eigenvalue weighted by molar-refractivity contribution is -0.385. The van der Waals surface area contributed by atoms with Gasteiger partial charge in [-0.2, -0.15) is 5.10 Å². The second kappa shape index (κ2) is 5.44. The monoisotopic (exact) mass is 300 g/mol. The molecule has 0 aliphatic carbocycles. The van der Waals surface area contributed by atoms with Crippen LogP contribution in [0.5, 0.6) is 5.75 Å². The lowest BCUT2D eigenvalue weighted by Gasteiger charge is -2.13. The van der Waals surface area contributed by atoms with Crippen molar-refractivity contribution >= 4 is 11.4 Å². The molecule has 6 nitrogen and oxygen atoms in total. The van der Waals surface area contributed by atoms with Crippen molar-refractivity contribution in [2.75, 3.05) is 0 Å². The molecule has 1 aliphatic heterocycles. The molecule has 0 saturated heterocycles. The van der Waals surface area contributed by atoms with Crippen LogP contribution in [0.25, 0.3) is 0 Å². The van der Waals surface area contributed by atoms with Crippen LogP contribution in [0.3, 0.4) is 0 Å². The van der Waals surface area contributed by atoms with Gasteiger partial charge in [0.1, 0.15) is 5.82 Å². The Morgan fingerprint density at radius 3 is 2.77 bits per heavy atom. The zero-order valence-corrected chi connectivity index (χ0v) is 11.3. The molecule has 22 heavy (non-hydrogen) atoms. The molecule has 2 aromatic carbocycles. The van der Waals surface area contributed by atoms with Gasteiger partial charge in [-0.15, -0.1) is 0 Å². The van der Waals surface area contributed by atoms with Gasteiger partial charge in [0.2, 0.25) is 0 Å². The van der Waals surface area contributed by atoms with Gasteiger partial charge in [-0.25, -0.2) is 4.39 Å². The van der Waals surface area contributed by atoms with Gasteiger partial charge in [-0.1, -0.05) is 30.0 Å². The molecule has 2 aromatic rings. The van der Waals surface area contributed by atoms with E-state index in [0.29, 0.717) is 11.3 Å². The molecular formula is C15H11FN3O3-. The third-order valence-electron chi connectivity index (χ3n) is 3.52. The fourth-order valence-corrected chi connectivity index (χ4v) is 2.40. The van der Waals surface area contributed by atoms with E-state index < -0.39 is 11.0 Å². The van der Waals surface area contributed by atoms with E-state index >= 15 is 0 Å². The van der Waals surface area contributed by atoms with Crippen LogP contribution in [-0.2, 0) is 0 Å². The number of nitrogens with zero attached hydrogens (tertiary/aromatic N) is 2. The summed E-state index contributed by atoms with van der Waals surface area (Å²) in [6.45, 7) is 0. The number of hydrogen-bond acceptors (Lipinski definition) is 5. The highest BCUT2D eigenvalue weighted by Crippen LogP contribution is 2.30. The van der Waals surface area contributed by atoms with Crippen molar-refractivity contribution in [3.8, 4) is 5.75 Å². The summed E-state index contributed by atoms with van der Waals surface area (Å²) in [7, 11) is 0. The largest absolute Gasteiger partial charge is 0.872 e. The van der Waals surface area contributed by atoms with Gasteiger partial charge in [-0.05, 0) is 11.6 Å². The molecule has 1 aliphatic rings. The van der Waals surface area contributed by atoms with Gasteiger partial charge < -0.3 is 10.5 Å². The smallest absolute Gasteiger partial charge is 0.270 e. The Kier molecular flexibility index (Phi) is 3.46. The summed E-state index contributed by atoms with van der Waals surface area (Å²) in [6, 6.07) is 9.39. The highest BCUT2D eigenvalue weighted by atomic mass is 19.1. The predicted molar refractivity (Wildman–Crippen MR) is 76.0 cm³/mol. The van der Waals surface area contributed by atoms with E-state index in [1.54, 1.807) is 18.2 Å². The minimum atomic E-state index is -0.569. The molecule has 0 fully saturated rings. The van der Waals surface area contributed by atoms with Gasteiger partial charge in [0.25, 0.3) is 5.69 Å². The molecule has 1 atom stereocenters. The summed E-state index contributed by atoms with van der Waals surface area (Å²) >= 11 is 0. The number of nitrogens with one attached hydrogen (secondary N) is 1. The molecule has 1 N–H and O–H groups in total. The summed E-state index contributed by atoms with van der Waals surface area (Å²) in [5.41, 5.74) is 3.60. The van der Waals surface area contributed by atoms with Crippen molar-refractivity contribution in [2.45, 2.75) is 12.5 Å². The number of hydrogen-bond donors (Lipinski definition) is 1. The fourth-order valence-electron chi connectivity index (χ4n) is 2.40. The van der Waals surface area contributed by atoms with Crippen LogP contribution in [0.1, 0.15) is 23.6 Å². The van der Waals surface area contributed by atoms with Crippen LogP contribution >= 0.6 is 0 Å². The Bertz CT molecular complexity index is 776. The lowest BCUT2D eigenvalue weighted by Crippen LogP contribution is -2.12. The van der Waals surface area contributed by atoms with Crippen LogP contribution in [0.2, 0.25) is 0 Å². The zero-order valence-electron chi connectivity index (χ0n) is 11.3. The molecule has 0 saturated carbocycles. The Hall–Kier alpha value is -2.96. The number of benzene rings is 2. The first kappa shape index (κ1) is 14.0. The van der Waals surface area contributed by atoms with Crippen molar-refractivity contribution in [2.24, 2.45) is 5.10 Å². The summed E-state index contributed by atoms with van der Waals surface area (Å²) in [4.78, 5) is 10.2. The molecule has 0 radical (unpaired) electrons. The molecule has 0 amide bonds. The third kappa shape index (κ3) is 2.48. The van der Waals surface area contributed by atoms with Crippen LogP contribution in [0.15, 0.2) is 47.6 Å². The van der Waals surface area contributed by atoms with Crippen molar-refractivity contribution in [3.05, 3.63) is 69.5 Å². The maximum atomic E-state index is 13.8. The highest BCUT2D eigenvalue weighted by molar-refractivity contribution is 6.04. The minimum absolute atomic E-state index is 0.167. The van der Waals surface area contributed by atoms with E-state index in [-0.39, 0.29) is 29.2 Å². The summed E-state index contributed by atoms with van der Waals surface area (Å²) in [5.74, 6) is -0.710. The fraction of sp³-hybridized carbons (Fsp3) is 0.133. The maximum Gasteiger partial charge on any atom is 0.270 e. The van der Waals surface area contributed by atoms with Gasteiger partial charge in [-0.3, -0.25) is 10.1 Å². The first-order valence-corrected chi connectivity index (χ1v) is 6.58. The van der Waals surface area contributed by atoms with E-state index in [9.17, 15) is 19.6 Å². The maximum absolute atomic E-state index is 13.8. The van der Waals surface area contributed by atoms with E-state index in [1.807, 2.05) is 0 Å². The molecule has 1 heterocycles. The van der Waals surface area contributed by atoms with Gasteiger partial charge >= 0.3 is 0 Å². The number of hydrazone groups is 1. The number of nitro benzene ring substituents is 1. The second-order valence-electron chi connectivity index (χ2n) is 4.90. The van der Waals surface area contributed by atoms with Crippen molar-refractivity contribution in [3.63, 3.8) is 0 Å². The number of non-ortho nitro benzene ring substituents is 1. The Morgan fingerprint density at radius 1 is 1.27 bits per heavy atom. The quantitative estimate of drug-likeness (QED) is 0.695. The molecule has 0 unspecified atom stereocenters. The molecule has 112 valence electrons. The van der Waals surface area contributed by atoms with E-state index in [1.165, 1.54) is 12.1 Å². The van der Waals surface area contributed by atoms with Crippen molar-refractivity contribution < 1.29 is 14.4 Å². The second-order valence-corrected chi connectivity index (χ2v) is 4.90. The first-order chi connectivity index (χ1) is 10.6. The summed E-state index contributed by atoms with van der Waals surface area (Å²) in [6.07, 6.45) is 0.289. The topological polar surface area (TPSA) is 90.6 Å². The third-order valence-corrected chi connectivity index (χ3v) is 3.52. The Labute approximate surface area is 125 Å². The normalized spacial score (nSPS) is 17.0. The highest BCUT2D eigenvalue weighted by Gasteiger charge is 2.24. The Morgan fingerprint density at radius 2 is 2.05 bits per heavy atom. The van der Waals surface area contributed by atoms with Crippen molar-refractivity contribution in [1.82, 2.24) is 5.43 Å². The average molecular weight is 300 g/mol. The SMILES string of the molecule is O=[N+]([O-])c1ccc([O-])c(C2=NN[C@H](c3ccccc3F)C2)c1. The Balaban J connectivity index is 1.88. The lowest BCUT2D eigenvalue weighted by atomic mass is 9.98. The average Bonchev–Trinajstić information content (AvgIpc) is 2.97. The molecular weight excluding hydrogens is 289 g/mol. The van der Waals surface area contributed by atoms with Crippen LogP contribution in [-0.4, -0.2) is 10.6 Å². The molecule has 0 spiro atoms. The molecule has 3 rings (SSSR count). The predicted octanol–water partition coefficient (Wildman–Crippen LogP) is 2.25. The van der Waals surface area contributed by atoms with Gasteiger partial charge in [0, 0.05) is 24.1 Å². The minimum Gasteiger partial charge on any atom is -0.872 e. The van der Waals surface area contributed by atoms with Gasteiger partial charge in [0.05, 0.1) is 16.7 Å². The standard InChI is InChI=1S/C15H12FN3O3/c16-12-4-2-1-3-10(12)13-8-14(18-17-13)11-7-9(19(21)22)5-6-15(11)20/h1-7,13,17,20H,8H2/p-1/t13-/m0/s1. The van der Waals surface area contributed by atoms with E-state index in [2.05, 4.69) is 10.5 Å². The van der Waals surface area contributed by atoms with Crippen LogP contribution in [0, 0.1) is 15.9 Å². The van der Waals surface area contributed by atoms with Crippen LogP contribution < -0.4 is 10.5 Å². The molecule has 0 aromatic heterocycles.